The number of benzene rings is 2. The molecule has 2 aromatic carbocycles. The Kier molecular flexibility index (Phi) is 6.50. The van der Waals surface area contributed by atoms with Crippen molar-refractivity contribution in [3.8, 4) is 11.5 Å². The van der Waals surface area contributed by atoms with Crippen molar-refractivity contribution < 1.29 is 14.3 Å². The average Bonchev–Trinajstić information content (AvgIpc) is 2.72. The van der Waals surface area contributed by atoms with Gasteiger partial charge in [-0.25, -0.2) is 0 Å². The topological polar surface area (TPSA) is 51.7 Å². The zero-order valence-electron chi connectivity index (χ0n) is 15.6. The summed E-state index contributed by atoms with van der Waals surface area (Å²) >= 11 is 6.19. The lowest BCUT2D eigenvalue weighted by atomic mass is 10.2. The van der Waals surface area contributed by atoms with Crippen LogP contribution in [0.3, 0.4) is 0 Å². The molecule has 0 bridgehead atoms. The number of fused-ring (bicyclic) bond motifs is 1. The molecule has 1 aromatic heterocycles. The molecule has 0 saturated heterocycles. The van der Waals surface area contributed by atoms with E-state index in [1.165, 1.54) is 0 Å². The summed E-state index contributed by atoms with van der Waals surface area (Å²) in [6.45, 7) is 4.48. The lowest BCUT2D eigenvalue weighted by Crippen LogP contribution is -2.31. The highest BCUT2D eigenvalue weighted by Crippen LogP contribution is 2.29. The van der Waals surface area contributed by atoms with Gasteiger partial charge in [0.15, 0.2) is 6.61 Å². The number of hydrogen-bond acceptors (Lipinski definition) is 4. The van der Waals surface area contributed by atoms with Crippen LogP contribution in [0.25, 0.3) is 10.9 Å². The number of pyridine rings is 1. The van der Waals surface area contributed by atoms with E-state index >= 15 is 0 Å². The van der Waals surface area contributed by atoms with Crippen molar-refractivity contribution in [3.05, 3.63) is 78.0 Å². The highest BCUT2D eigenvalue weighted by molar-refractivity contribution is 6.35. The SMILES string of the molecule is C=CCOc1ccc(CN(C)C(=O)COc2ccc(Cl)c3cccnc23)cc1. The van der Waals surface area contributed by atoms with Crippen LogP contribution >= 0.6 is 11.6 Å². The van der Waals surface area contributed by atoms with Gasteiger partial charge in [-0.3, -0.25) is 9.78 Å². The third kappa shape index (κ3) is 4.81. The Hall–Kier alpha value is -3.05. The third-order valence-electron chi connectivity index (χ3n) is 4.17. The van der Waals surface area contributed by atoms with E-state index in [1.54, 1.807) is 36.4 Å². The zero-order chi connectivity index (χ0) is 19.9. The van der Waals surface area contributed by atoms with Gasteiger partial charge < -0.3 is 14.4 Å². The van der Waals surface area contributed by atoms with Crippen LogP contribution < -0.4 is 9.47 Å². The Bertz CT molecular complexity index is 973. The van der Waals surface area contributed by atoms with Crippen molar-refractivity contribution in [1.82, 2.24) is 9.88 Å². The summed E-state index contributed by atoms with van der Waals surface area (Å²) in [6, 6.07) is 14.8. The first kappa shape index (κ1) is 19.7. The monoisotopic (exact) mass is 396 g/mol. The first-order chi connectivity index (χ1) is 13.6. The number of rotatable bonds is 8. The lowest BCUT2D eigenvalue weighted by Gasteiger charge is -2.18. The number of halogens is 1. The number of ether oxygens (including phenoxy) is 2. The van der Waals surface area contributed by atoms with E-state index in [4.69, 9.17) is 21.1 Å². The number of likely N-dealkylation sites (N-methyl/N-ethyl adjacent to an activating group) is 1. The number of nitrogens with zero attached hydrogens (tertiary/aromatic N) is 2. The van der Waals surface area contributed by atoms with Gasteiger partial charge in [-0.1, -0.05) is 36.4 Å². The molecule has 0 saturated carbocycles. The van der Waals surface area contributed by atoms with Crippen molar-refractivity contribution in [3.63, 3.8) is 0 Å². The molecule has 0 aliphatic rings. The Morgan fingerprint density at radius 2 is 1.96 bits per heavy atom. The summed E-state index contributed by atoms with van der Waals surface area (Å²) < 4.78 is 11.2. The summed E-state index contributed by atoms with van der Waals surface area (Å²) in [4.78, 5) is 18.4. The van der Waals surface area contributed by atoms with Gasteiger partial charge in [-0.2, -0.15) is 0 Å². The molecule has 0 fully saturated rings. The van der Waals surface area contributed by atoms with Gasteiger partial charge in [-0.15, -0.1) is 0 Å². The number of hydrogen-bond donors (Lipinski definition) is 0. The Morgan fingerprint density at radius 1 is 1.18 bits per heavy atom. The maximum atomic E-state index is 12.5. The highest BCUT2D eigenvalue weighted by Gasteiger charge is 2.13. The zero-order valence-corrected chi connectivity index (χ0v) is 16.4. The van der Waals surface area contributed by atoms with Crippen molar-refractivity contribution in [2.24, 2.45) is 0 Å². The van der Waals surface area contributed by atoms with E-state index in [1.807, 2.05) is 36.4 Å². The molecule has 28 heavy (non-hydrogen) atoms. The second kappa shape index (κ2) is 9.24. The summed E-state index contributed by atoms with van der Waals surface area (Å²) in [5.74, 6) is 1.17. The van der Waals surface area contributed by atoms with E-state index in [2.05, 4.69) is 11.6 Å². The smallest absolute Gasteiger partial charge is 0.260 e. The fourth-order valence-corrected chi connectivity index (χ4v) is 2.90. The summed E-state index contributed by atoms with van der Waals surface area (Å²) in [6.07, 6.45) is 3.36. The van der Waals surface area contributed by atoms with Crippen LogP contribution in [0.4, 0.5) is 0 Å². The van der Waals surface area contributed by atoms with Crippen molar-refractivity contribution in [2.75, 3.05) is 20.3 Å². The van der Waals surface area contributed by atoms with Crippen LogP contribution in [0.1, 0.15) is 5.56 Å². The number of amides is 1. The van der Waals surface area contributed by atoms with Crippen molar-refractivity contribution in [2.45, 2.75) is 6.54 Å². The van der Waals surface area contributed by atoms with Gasteiger partial charge in [0.2, 0.25) is 0 Å². The molecular formula is C22H21ClN2O3. The maximum Gasteiger partial charge on any atom is 0.260 e. The first-order valence-corrected chi connectivity index (χ1v) is 9.19. The molecule has 0 aliphatic carbocycles. The molecular weight excluding hydrogens is 376 g/mol. The summed E-state index contributed by atoms with van der Waals surface area (Å²) in [5.41, 5.74) is 1.64. The van der Waals surface area contributed by atoms with E-state index in [-0.39, 0.29) is 12.5 Å². The van der Waals surface area contributed by atoms with E-state index in [0.717, 1.165) is 16.7 Å². The Morgan fingerprint density at radius 3 is 2.71 bits per heavy atom. The number of carbonyl (C=O) groups excluding carboxylic acids is 1. The van der Waals surface area contributed by atoms with E-state index < -0.39 is 0 Å². The van der Waals surface area contributed by atoms with Crippen molar-refractivity contribution in [1.29, 1.82) is 0 Å². The van der Waals surface area contributed by atoms with Gasteiger partial charge in [0.05, 0.1) is 5.02 Å². The summed E-state index contributed by atoms with van der Waals surface area (Å²) in [7, 11) is 1.74. The molecule has 6 heteroatoms. The number of aromatic nitrogens is 1. The largest absolute Gasteiger partial charge is 0.490 e. The fourth-order valence-electron chi connectivity index (χ4n) is 2.69. The van der Waals surface area contributed by atoms with Crippen LogP contribution in [0.5, 0.6) is 11.5 Å². The third-order valence-corrected chi connectivity index (χ3v) is 4.50. The molecule has 1 heterocycles. The van der Waals surface area contributed by atoms with Crippen molar-refractivity contribution >= 4 is 28.4 Å². The standard InChI is InChI=1S/C22H21ClN2O3/c1-3-13-27-17-8-6-16(7-9-17)14-25(2)21(26)15-28-20-11-10-19(23)18-5-4-12-24-22(18)20/h3-12H,1,13-15H2,2H3. The van der Waals surface area contributed by atoms with Crippen LogP contribution in [0, 0.1) is 0 Å². The molecule has 0 aliphatic heterocycles. The average molecular weight is 397 g/mol. The van der Waals surface area contributed by atoms with Gasteiger partial charge in [0.1, 0.15) is 23.6 Å². The predicted octanol–water partition coefficient (Wildman–Crippen LogP) is 4.49. The lowest BCUT2D eigenvalue weighted by molar-refractivity contribution is -0.132. The van der Waals surface area contributed by atoms with Gasteiger partial charge in [-0.05, 0) is 42.0 Å². The minimum atomic E-state index is -0.133. The minimum absolute atomic E-state index is 0.0790. The van der Waals surface area contributed by atoms with Crippen LogP contribution in [-0.4, -0.2) is 36.1 Å². The second-order valence-electron chi connectivity index (χ2n) is 6.23. The molecule has 0 spiro atoms. The molecule has 0 atom stereocenters. The maximum absolute atomic E-state index is 12.5. The molecule has 3 aromatic rings. The van der Waals surface area contributed by atoms with Crippen LogP contribution in [-0.2, 0) is 11.3 Å². The highest BCUT2D eigenvalue weighted by atomic mass is 35.5. The Labute approximate surface area is 169 Å². The molecule has 0 radical (unpaired) electrons. The second-order valence-corrected chi connectivity index (χ2v) is 6.63. The Balaban J connectivity index is 1.59. The van der Waals surface area contributed by atoms with Crippen LogP contribution in [0.15, 0.2) is 67.4 Å². The van der Waals surface area contributed by atoms with E-state index in [0.29, 0.717) is 29.4 Å². The number of carbonyl (C=O) groups is 1. The van der Waals surface area contributed by atoms with Crippen LogP contribution in [0.2, 0.25) is 5.02 Å². The van der Waals surface area contributed by atoms with E-state index in [9.17, 15) is 4.79 Å². The van der Waals surface area contributed by atoms with Gasteiger partial charge in [0.25, 0.3) is 5.91 Å². The van der Waals surface area contributed by atoms with Gasteiger partial charge in [0, 0.05) is 25.2 Å². The molecule has 1 amide bonds. The predicted molar refractivity (Wildman–Crippen MR) is 111 cm³/mol. The normalized spacial score (nSPS) is 10.5. The molecule has 5 nitrogen and oxygen atoms in total. The van der Waals surface area contributed by atoms with Gasteiger partial charge >= 0.3 is 0 Å². The minimum Gasteiger partial charge on any atom is -0.490 e. The molecule has 0 unspecified atom stereocenters. The molecule has 3 rings (SSSR count). The molecule has 144 valence electrons. The quantitative estimate of drug-likeness (QED) is 0.526. The summed E-state index contributed by atoms with van der Waals surface area (Å²) in [5, 5.41) is 1.39. The first-order valence-electron chi connectivity index (χ1n) is 8.81. The fraction of sp³-hybridized carbons (Fsp3) is 0.182. The molecule has 0 N–H and O–H groups in total.